The van der Waals surface area contributed by atoms with Crippen LogP contribution < -0.4 is 5.32 Å². The topological polar surface area (TPSA) is 87.4 Å². The number of rotatable bonds is 3. The van der Waals surface area contributed by atoms with Gasteiger partial charge in [-0.15, -0.1) is 0 Å². The van der Waals surface area contributed by atoms with Crippen molar-refractivity contribution in [1.82, 2.24) is 20.2 Å². The van der Waals surface area contributed by atoms with Gasteiger partial charge in [0.2, 0.25) is 0 Å². The molecule has 0 unspecified atom stereocenters. The van der Waals surface area contributed by atoms with Crippen LogP contribution in [0.4, 0.5) is 11.5 Å². The molecule has 26 heavy (non-hydrogen) atoms. The Hall–Kier alpha value is -3.56. The van der Waals surface area contributed by atoms with E-state index in [1.54, 1.807) is 42.7 Å². The first kappa shape index (κ1) is 15.9. The van der Waals surface area contributed by atoms with Crippen molar-refractivity contribution in [2.75, 3.05) is 5.32 Å². The van der Waals surface area contributed by atoms with Crippen LogP contribution in [0.1, 0.15) is 5.56 Å². The fourth-order valence-corrected chi connectivity index (χ4v) is 2.72. The van der Waals surface area contributed by atoms with Gasteiger partial charge in [-0.3, -0.25) is 0 Å². The van der Waals surface area contributed by atoms with Crippen LogP contribution in [0.5, 0.6) is 0 Å². The lowest BCUT2D eigenvalue weighted by molar-refractivity contribution is 1.03. The number of aromatic nitrogens is 4. The quantitative estimate of drug-likeness (QED) is 0.585. The minimum Gasteiger partial charge on any atom is -0.340 e. The van der Waals surface area contributed by atoms with E-state index in [0.29, 0.717) is 27.7 Å². The molecule has 0 aliphatic rings. The van der Waals surface area contributed by atoms with Gasteiger partial charge in [0, 0.05) is 21.7 Å². The van der Waals surface area contributed by atoms with Gasteiger partial charge in [-0.2, -0.15) is 15.5 Å². The Balaban J connectivity index is 1.88. The molecule has 0 bridgehead atoms. The van der Waals surface area contributed by atoms with Gasteiger partial charge in [0.15, 0.2) is 5.82 Å². The molecule has 0 aliphatic heterocycles. The molecule has 0 aliphatic carbocycles. The zero-order chi connectivity index (χ0) is 17.9. The van der Waals surface area contributed by atoms with E-state index < -0.39 is 0 Å². The second-order valence-electron chi connectivity index (χ2n) is 5.51. The zero-order valence-corrected chi connectivity index (χ0v) is 14.1. The summed E-state index contributed by atoms with van der Waals surface area (Å²) in [6.07, 6.45) is 3.19. The molecule has 0 saturated heterocycles. The molecule has 0 amide bonds. The summed E-state index contributed by atoms with van der Waals surface area (Å²) in [5.41, 5.74) is 2.78. The molecule has 6 nitrogen and oxygen atoms in total. The zero-order valence-electron chi connectivity index (χ0n) is 13.4. The Morgan fingerprint density at radius 3 is 2.73 bits per heavy atom. The Labute approximate surface area is 154 Å². The Morgan fingerprint density at radius 1 is 1.00 bits per heavy atom. The van der Waals surface area contributed by atoms with Gasteiger partial charge in [0.25, 0.3) is 0 Å². The predicted octanol–water partition coefficient (Wildman–Crippen LogP) is 4.36. The fraction of sp³-hybridized carbons (Fsp3) is 0. The van der Waals surface area contributed by atoms with E-state index in [2.05, 4.69) is 31.6 Å². The number of halogens is 1. The van der Waals surface area contributed by atoms with Gasteiger partial charge in [-0.25, -0.2) is 9.97 Å². The van der Waals surface area contributed by atoms with Gasteiger partial charge in [-0.1, -0.05) is 17.7 Å². The molecule has 4 rings (SSSR count). The predicted molar refractivity (Wildman–Crippen MR) is 100 cm³/mol. The lowest BCUT2D eigenvalue weighted by Crippen LogP contribution is -2.00. The normalized spacial score (nSPS) is 10.5. The lowest BCUT2D eigenvalue weighted by atomic mass is 10.2. The number of nitrogens with one attached hydrogen (secondary N) is 1. The highest BCUT2D eigenvalue weighted by Crippen LogP contribution is 2.29. The Bertz CT molecular complexity index is 1140. The van der Waals surface area contributed by atoms with Crippen molar-refractivity contribution in [3.05, 3.63) is 71.5 Å². The third-order valence-electron chi connectivity index (χ3n) is 3.76. The average Bonchev–Trinajstić information content (AvgIpc) is 2.68. The number of nitriles is 1. The SMILES string of the molecule is N#Cc1cccc(Nc2nc(-c3ccnnc3)nc3cc(Cl)ccc23)c1. The number of anilines is 2. The van der Waals surface area contributed by atoms with E-state index in [0.717, 1.165) is 16.6 Å². The van der Waals surface area contributed by atoms with Crippen molar-refractivity contribution >= 4 is 34.0 Å². The highest BCUT2D eigenvalue weighted by atomic mass is 35.5. The molecule has 4 aromatic rings. The molecular weight excluding hydrogens is 348 g/mol. The molecular formula is C19H11ClN6. The summed E-state index contributed by atoms with van der Waals surface area (Å²) in [6, 6.07) is 16.6. The first-order valence-corrected chi connectivity index (χ1v) is 8.12. The lowest BCUT2D eigenvalue weighted by Gasteiger charge is -2.11. The number of hydrogen-bond acceptors (Lipinski definition) is 6. The van der Waals surface area contributed by atoms with E-state index in [1.165, 1.54) is 0 Å². The van der Waals surface area contributed by atoms with Crippen molar-refractivity contribution in [3.63, 3.8) is 0 Å². The molecule has 2 aromatic heterocycles. The first-order valence-electron chi connectivity index (χ1n) is 7.74. The van der Waals surface area contributed by atoms with E-state index in [9.17, 15) is 0 Å². The van der Waals surface area contributed by atoms with Gasteiger partial charge in [0.05, 0.1) is 29.5 Å². The molecule has 0 radical (unpaired) electrons. The maximum absolute atomic E-state index is 9.09. The van der Waals surface area contributed by atoms with E-state index in [1.807, 2.05) is 18.2 Å². The summed E-state index contributed by atoms with van der Waals surface area (Å²) in [4.78, 5) is 9.22. The van der Waals surface area contributed by atoms with Crippen LogP contribution in [0, 0.1) is 11.3 Å². The van der Waals surface area contributed by atoms with E-state index in [4.69, 9.17) is 16.9 Å². The summed E-state index contributed by atoms with van der Waals surface area (Å²) < 4.78 is 0. The van der Waals surface area contributed by atoms with Crippen molar-refractivity contribution < 1.29 is 0 Å². The molecule has 0 saturated carbocycles. The number of benzene rings is 2. The van der Waals surface area contributed by atoms with Crippen LogP contribution in [0.3, 0.4) is 0 Å². The van der Waals surface area contributed by atoms with Gasteiger partial charge in [-0.05, 0) is 42.5 Å². The van der Waals surface area contributed by atoms with Crippen LogP contribution in [0.25, 0.3) is 22.3 Å². The second-order valence-corrected chi connectivity index (χ2v) is 5.94. The maximum Gasteiger partial charge on any atom is 0.163 e. The number of nitrogens with zero attached hydrogens (tertiary/aromatic N) is 5. The summed E-state index contributed by atoms with van der Waals surface area (Å²) >= 11 is 6.13. The van der Waals surface area contributed by atoms with Gasteiger partial charge < -0.3 is 5.32 Å². The summed E-state index contributed by atoms with van der Waals surface area (Å²) in [6.45, 7) is 0. The Kier molecular flexibility index (Phi) is 4.14. The number of hydrogen-bond donors (Lipinski definition) is 1. The highest BCUT2D eigenvalue weighted by molar-refractivity contribution is 6.31. The van der Waals surface area contributed by atoms with Crippen LogP contribution in [0.2, 0.25) is 5.02 Å². The number of fused-ring (bicyclic) bond motifs is 1. The van der Waals surface area contributed by atoms with Crippen molar-refractivity contribution in [2.24, 2.45) is 0 Å². The van der Waals surface area contributed by atoms with Gasteiger partial charge >= 0.3 is 0 Å². The second kappa shape index (κ2) is 6.75. The van der Waals surface area contributed by atoms with Crippen LogP contribution in [-0.4, -0.2) is 20.2 Å². The molecule has 0 spiro atoms. The van der Waals surface area contributed by atoms with Crippen LogP contribution in [0.15, 0.2) is 60.9 Å². The smallest absolute Gasteiger partial charge is 0.163 e. The summed E-state index contributed by atoms with van der Waals surface area (Å²) in [5.74, 6) is 1.13. The molecule has 0 fully saturated rings. The summed E-state index contributed by atoms with van der Waals surface area (Å²) in [7, 11) is 0. The minimum atomic E-state index is 0.508. The first-order chi connectivity index (χ1) is 12.7. The monoisotopic (exact) mass is 358 g/mol. The van der Waals surface area contributed by atoms with Crippen molar-refractivity contribution in [2.45, 2.75) is 0 Å². The van der Waals surface area contributed by atoms with Crippen LogP contribution >= 0.6 is 11.6 Å². The highest BCUT2D eigenvalue weighted by Gasteiger charge is 2.11. The third kappa shape index (κ3) is 3.16. The van der Waals surface area contributed by atoms with E-state index >= 15 is 0 Å². The van der Waals surface area contributed by atoms with Gasteiger partial charge in [0.1, 0.15) is 5.82 Å². The van der Waals surface area contributed by atoms with Crippen LogP contribution in [-0.2, 0) is 0 Å². The van der Waals surface area contributed by atoms with Crippen molar-refractivity contribution in [3.8, 4) is 17.5 Å². The molecule has 2 aromatic carbocycles. The average molecular weight is 359 g/mol. The molecule has 1 N–H and O–H groups in total. The largest absolute Gasteiger partial charge is 0.340 e. The molecule has 124 valence electrons. The third-order valence-corrected chi connectivity index (χ3v) is 3.99. The standard InChI is InChI=1S/C19H11ClN6/c20-14-4-5-16-17(9-14)25-18(13-6-7-22-23-11-13)26-19(16)24-15-3-1-2-12(8-15)10-21/h1-9,11H,(H,24,25,26). The summed E-state index contributed by atoms with van der Waals surface area (Å²) in [5, 5.41) is 21.4. The van der Waals surface area contributed by atoms with E-state index in [-0.39, 0.29) is 0 Å². The molecule has 2 heterocycles. The minimum absolute atomic E-state index is 0.508. The maximum atomic E-state index is 9.09. The van der Waals surface area contributed by atoms with Crippen molar-refractivity contribution in [1.29, 1.82) is 5.26 Å². The Morgan fingerprint density at radius 2 is 1.92 bits per heavy atom. The molecule has 7 heteroatoms. The fourth-order valence-electron chi connectivity index (χ4n) is 2.55. The molecule has 0 atom stereocenters.